The zero-order chi connectivity index (χ0) is 26.6. The second-order valence-corrected chi connectivity index (χ2v) is 9.16. The number of pyridine rings is 1. The Balaban J connectivity index is 1.41. The Morgan fingerprint density at radius 1 is 1.16 bits per heavy atom. The normalized spacial score (nSPS) is 17.6. The molecule has 3 aromatic heterocycles. The van der Waals surface area contributed by atoms with Crippen molar-refractivity contribution in [2.24, 2.45) is 7.05 Å². The Labute approximate surface area is 218 Å². The molecule has 0 aliphatic carbocycles. The van der Waals surface area contributed by atoms with Crippen LogP contribution in [0.3, 0.4) is 0 Å². The zero-order valence-electron chi connectivity index (χ0n) is 21.0. The summed E-state index contributed by atoms with van der Waals surface area (Å²) in [6.07, 6.45) is 5.90. The molecule has 10 nitrogen and oxygen atoms in total. The number of carbonyl (C=O) groups excluding carboxylic acids is 1. The summed E-state index contributed by atoms with van der Waals surface area (Å²) in [6.45, 7) is 2.27. The van der Waals surface area contributed by atoms with Crippen molar-refractivity contribution in [1.82, 2.24) is 34.8 Å². The van der Waals surface area contributed by atoms with E-state index in [1.54, 1.807) is 55.5 Å². The number of ether oxygens (including phenoxy) is 1. The highest BCUT2D eigenvalue weighted by atomic mass is 19.1. The number of urea groups is 1. The number of rotatable bonds is 8. The van der Waals surface area contributed by atoms with Gasteiger partial charge < -0.3 is 10.1 Å². The Morgan fingerprint density at radius 2 is 1.97 bits per heavy atom. The Kier molecular flexibility index (Phi) is 7.43. The van der Waals surface area contributed by atoms with Crippen LogP contribution in [0.5, 0.6) is 0 Å². The van der Waals surface area contributed by atoms with Gasteiger partial charge in [0, 0.05) is 57.7 Å². The molecule has 1 aliphatic rings. The van der Waals surface area contributed by atoms with Gasteiger partial charge >= 0.3 is 6.03 Å². The van der Waals surface area contributed by atoms with E-state index >= 15 is 4.39 Å². The Morgan fingerprint density at radius 3 is 2.68 bits per heavy atom. The number of aromatic nitrogens is 5. The summed E-state index contributed by atoms with van der Waals surface area (Å²) in [4.78, 5) is 19.3. The first-order valence-electron chi connectivity index (χ1n) is 12.1. The van der Waals surface area contributed by atoms with E-state index in [0.29, 0.717) is 43.1 Å². The van der Waals surface area contributed by atoms with Crippen LogP contribution >= 0.6 is 0 Å². The van der Waals surface area contributed by atoms with E-state index in [0.717, 1.165) is 6.20 Å². The van der Waals surface area contributed by atoms with Gasteiger partial charge in [-0.15, -0.1) is 0 Å². The van der Waals surface area contributed by atoms with Crippen molar-refractivity contribution >= 4 is 11.8 Å². The molecule has 4 aromatic rings. The van der Waals surface area contributed by atoms with Crippen LogP contribution in [0.25, 0.3) is 16.9 Å². The van der Waals surface area contributed by atoms with Crippen LogP contribution in [0.15, 0.2) is 61.2 Å². The van der Waals surface area contributed by atoms with Crippen molar-refractivity contribution in [2.75, 3.05) is 38.7 Å². The number of halogens is 2. The van der Waals surface area contributed by atoms with Crippen molar-refractivity contribution in [3.8, 4) is 16.9 Å². The van der Waals surface area contributed by atoms with E-state index in [1.165, 1.54) is 16.9 Å². The van der Waals surface area contributed by atoms with Gasteiger partial charge in [0.1, 0.15) is 11.5 Å². The first-order chi connectivity index (χ1) is 18.4. The summed E-state index contributed by atoms with van der Waals surface area (Å²) in [6, 6.07) is 9.41. The molecule has 2 N–H and O–H groups in total. The number of hydrogen-bond acceptors (Lipinski definition) is 6. The lowest BCUT2D eigenvalue weighted by atomic mass is 9.96. The van der Waals surface area contributed by atoms with Gasteiger partial charge in [0.05, 0.1) is 30.7 Å². The zero-order valence-corrected chi connectivity index (χ0v) is 21.0. The number of amides is 2. The molecule has 0 bridgehead atoms. The number of carbonyl (C=O) groups is 1. The smallest absolute Gasteiger partial charge is 0.320 e. The number of para-hydroxylation sites is 1. The molecule has 1 aliphatic heterocycles. The van der Waals surface area contributed by atoms with Crippen LogP contribution in [-0.2, 0) is 11.8 Å². The van der Waals surface area contributed by atoms with E-state index in [4.69, 9.17) is 4.74 Å². The van der Waals surface area contributed by atoms with E-state index in [2.05, 4.69) is 30.7 Å². The minimum absolute atomic E-state index is 0.0626. The average Bonchev–Trinajstić information content (AvgIpc) is 3.61. The fourth-order valence-electron chi connectivity index (χ4n) is 4.71. The lowest BCUT2D eigenvalue weighted by Crippen LogP contribution is -2.42. The van der Waals surface area contributed by atoms with Crippen molar-refractivity contribution in [2.45, 2.75) is 12.0 Å². The van der Waals surface area contributed by atoms with Crippen LogP contribution in [-0.4, -0.2) is 74.9 Å². The second kappa shape index (κ2) is 11.1. The first-order valence-corrected chi connectivity index (χ1v) is 12.1. The summed E-state index contributed by atoms with van der Waals surface area (Å²) in [5.41, 5.74) is 1.79. The fourth-order valence-corrected chi connectivity index (χ4v) is 4.71. The third-order valence-electron chi connectivity index (χ3n) is 6.52. The molecule has 2 amide bonds. The van der Waals surface area contributed by atoms with Gasteiger partial charge in [-0.05, 0) is 23.8 Å². The molecule has 1 aromatic carbocycles. The van der Waals surface area contributed by atoms with Gasteiger partial charge in [0.15, 0.2) is 11.6 Å². The number of nitrogens with one attached hydrogen (secondary N) is 2. The quantitative estimate of drug-likeness (QED) is 0.369. The minimum Gasteiger partial charge on any atom is -0.383 e. The predicted molar refractivity (Wildman–Crippen MR) is 137 cm³/mol. The van der Waals surface area contributed by atoms with Gasteiger partial charge in [-0.1, -0.05) is 18.2 Å². The third-order valence-corrected chi connectivity index (χ3v) is 6.52. The molecule has 4 heterocycles. The largest absolute Gasteiger partial charge is 0.383 e. The van der Waals surface area contributed by atoms with Gasteiger partial charge in [0.2, 0.25) is 0 Å². The lowest BCUT2D eigenvalue weighted by molar-refractivity contribution is 0.159. The molecule has 198 valence electrons. The van der Waals surface area contributed by atoms with E-state index in [1.807, 2.05) is 6.07 Å². The topological polar surface area (TPSA) is 102 Å². The maximum Gasteiger partial charge on any atom is 0.320 e. The molecule has 0 saturated carbocycles. The minimum atomic E-state index is -0.684. The highest BCUT2D eigenvalue weighted by Crippen LogP contribution is 2.30. The summed E-state index contributed by atoms with van der Waals surface area (Å²) in [5.74, 6) is -1.45. The van der Waals surface area contributed by atoms with Crippen LogP contribution in [0, 0.1) is 11.6 Å². The summed E-state index contributed by atoms with van der Waals surface area (Å²) >= 11 is 0. The highest BCUT2D eigenvalue weighted by molar-refractivity contribution is 5.90. The second-order valence-electron chi connectivity index (χ2n) is 9.16. The van der Waals surface area contributed by atoms with E-state index in [-0.39, 0.29) is 23.5 Å². The van der Waals surface area contributed by atoms with Gasteiger partial charge in [-0.3, -0.25) is 19.9 Å². The van der Waals surface area contributed by atoms with Gasteiger partial charge in [-0.25, -0.2) is 18.3 Å². The SMILES string of the molecule is COCCN1C[C@@H](NC(=O)Nc2c(F)c(-c3cnn(C)c3)nn2-c2ccccc2)[C@H](c2cncc(F)c2)C1. The number of nitrogens with zero attached hydrogens (tertiary/aromatic N) is 6. The highest BCUT2D eigenvalue weighted by Gasteiger charge is 2.35. The molecule has 0 radical (unpaired) electrons. The maximum absolute atomic E-state index is 15.7. The average molecular weight is 523 g/mol. The van der Waals surface area contributed by atoms with Crippen LogP contribution in [0.4, 0.5) is 19.4 Å². The van der Waals surface area contributed by atoms with E-state index in [9.17, 15) is 9.18 Å². The predicted octanol–water partition coefficient (Wildman–Crippen LogP) is 3.18. The van der Waals surface area contributed by atoms with Gasteiger partial charge in [-0.2, -0.15) is 10.2 Å². The number of anilines is 1. The van der Waals surface area contributed by atoms with E-state index < -0.39 is 17.7 Å². The van der Waals surface area contributed by atoms with Crippen LogP contribution < -0.4 is 10.6 Å². The molecule has 1 saturated heterocycles. The van der Waals surface area contributed by atoms with Crippen LogP contribution in [0.2, 0.25) is 0 Å². The molecule has 1 fully saturated rings. The molecular weight excluding hydrogens is 494 g/mol. The van der Waals surface area contributed by atoms with Crippen molar-refractivity contribution < 1.29 is 18.3 Å². The van der Waals surface area contributed by atoms with Crippen molar-refractivity contribution in [1.29, 1.82) is 0 Å². The first kappa shape index (κ1) is 25.5. The molecule has 5 rings (SSSR count). The number of likely N-dealkylation sites (tertiary alicyclic amines) is 1. The molecule has 2 atom stereocenters. The molecular formula is C26H28F2N8O2. The third kappa shape index (κ3) is 5.41. The molecule has 12 heteroatoms. The number of benzene rings is 1. The van der Waals surface area contributed by atoms with Crippen LogP contribution in [0.1, 0.15) is 11.5 Å². The van der Waals surface area contributed by atoms with Crippen molar-refractivity contribution in [3.05, 3.63) is 78.4 Å². The van der Waals surface area contributed by atoms with Crippen molar-refractivity contribution in [3.63, 3.8) is 0 Å². The summed E-state index contributed by atoms with van der Waals surface area (Å²) in [7, 11) is 3.35. The molecule has 0 spiro atoms. The molecule has 38 heavy (non-hydrogen) atoms. The number of hydrogen-bond donors (Lipinski definition) is 2. The summed E-state index contributed by atoms with van der Waals surface area (Å²) < 4.78 is 37.7. The standard InChI is InChI=1S/C26H28F2N8O2/c1-34-14-18(12-30-34)24-23(28)25(36(33-24)20-6-4-3-5-7-20)32-26(37)31-22-16-35(8-9-38-2)15-21(22)17-10-19(27)13-29-11-17/h3-7,10-14,21-22H,8-9,15-16H2,1-2H3,(H2,31,32,37)/t21-,22+/m0/s1. The monoisotopic (exact) mass is 522 g/mol. The summed E-state index contributed by atoms with van der Waals surface area (Å²) in [5, 5.41) is 14.2. The lowest BCUT2D eigenvalue weighted by Gasteiger charge is -2.20. The number of methoxy groups -OCH3 is 1. The Hall–Kier alpha value is -4.16. The van der Waals surface area contributed by atoms with Gasteiger partial charge in [0.25, 0.3) is 0 Å². The Bertz CT molecular complexity index is 1410. The fraction of sp³-hybridized carbons (Fsp3) is 0.308. The maximum atomic E-state index is 15.7. The molecule has 0 unspecified atom stereocenters. The number of aryl methyl sites for hydroxylation is 1.